The molecule has 0 aromatic carbocycles. The van der Waals surface area contributed by atoms with Crippen molar-refractivity contribution in [2.24, 2.45) is 5.92 Å². The number of halogens is 1. The third-order valence-corrected chi connectivity index (χ3v) is 9.95. The summed E-state index contributed by atoms with van der Waals surface area (Å²) in [5.74, 6) is 2.55. The van der Waals surface area contributed by atoms with Crippen LogP contribution in [0.5, 0.6) is 0 Å². The molecule has 0 amide bonds. The van der Waals surface area contributed by atoms with E-state index < -0.39 is 21.6 Å². The van der Waals surface area contributed by atoms with Crippen LogP contribution in [0.2, 0.25) is 0 Å². The van der Waals surface area contributed by atoms with E-state index in [-0.39, 0.29) is 48.3 Å². The third kappa shape index (κ3) is 5.53. The lowest BCUT2D eigenvalue weighted by molar-refractivity contribution is -0.00860. The summed E-state index contributed by atoms with van der Waals surface area (Å²) in [6, 6.07) is 1.99. The number of rotatable bonds is 8. The fraction of sp³-hybridized carbons (Fsp3) is 0.593. The minimum absolute atomic E-state index is 0.0144. The number of aliphatic hydroxyl groups is 1. The van der Waals surface area contributed by atoms with Crippen LogP contribution >= 0.6 is 0 Å². The second kappa shape index (κ2) is 10.7. The molecule has 3 aromatic heterocycles. The number of aliphatic hydroxyl groups excluding tert-OH is 1. The van der Waals surface area contributed by atoms with E-state index in [0.717, 1.165) is 22.2 Å². The molecule has 0 aliphatic carbocycles. The second-order valence-electron chi connectivity index (χ2n) is 11.4. The Hall–Kier alpha value is -3.19. The summed E-state index contributed by atoms with van der Waals surface area (Å²) in [5, 5.41) is 15.0. The Kier molecular flexibility index (Phi) is 7.55. The summed E-state index contributed by atoms with van der Waals surface area (Å²) in [7, 11) is -3.05. The van der Waals surface area contributed by atoms with Gasteiger partial charge in [-0.1, -0.05) is 20.8 Å². The molecular weight excluding hydrogens is 535 g/mol. The van der Waals surface area contributed by atoms with Crippen LogP contribution in [0, 0.1) is 5.92 Å². The van der Waals surface area contributed by atoms with Crippen LogP contribution in [0.3, 0.4) is 0 Å². The number of anilines is 4. The van der Waals surface area contributed by atoms with Crippen LogP contribution in [0.15, 0.2) is 24.8 Å². The molecule has 4 atom stereocenters. The number of fused-ring (bicyclic) bond motifs is 1. The largest absolute Gasteiger partial charge is 0.390 e. The molecule has 216 valence electrons. The first kappa shape index (κ1) is 28.3. The normalized spacial score (nSPS) is 25.4. The maximum absolute atomic E-state index is 14.7. The standard InChI is InChI=1S/C27H37FN8O3S/c1-6-40(38,39)13-18-12-36(17(18)4)24-21-11-29-23(9-19(21)20(10-30-24)16(2)3)33-25-31-15-32-26(34-25)35-8-7-22(37)27(5,28)14-35/h9-11,15-18,22,37H,6-8,12-14H2,1-5H3,(H,29,31,32,33,34)/t17-,18-,22+,27-/m1/s1. The smallest absolute Gasteiger partial charge is 0.233 e. The first-order chi connectivity index (χ1) is 18.9. The van der Waals surface area contributed by atoms with Gasteiger partial charge in [0.1, 0.15) is 27.8 Å². The van der Waals surface area contributed by atoms with Gasteiger partial charge in [-0.05, 0) is 43.2 Å². The van der Waals surface area contributed by atoms with E-state index in [1.807, 2.05) is 19.2 Å². The minimum Gasteiger partial charge on any atom is -0.390 e. The summed E-state index contributed by atoms with van der Waals surface area (Å²) in [6.07, 6.45) is 4.29. The molecule has 40 heavy (non-hydrogen) atoms. The highest BCUT2D eigenvalue weighted by Crippen LogP contribution is 2.38. The van der Waals surface area contributed by atoms with Gasteiger partial charge >= 0.3 is 0 Å². The van der Waals surface area contributed by atoms with Crippen LogP contribution < -0.4 is 15.1 Å². The van der Waals surface area contributed by atoms with E-state index in [9.17, 15) is 17.9 Å². The average molecular weight is 573 g/mol. The summed E-state index contributed by atoms with van der Waals surface area (Å²) < 4.78 is 39.1. The first-order valence-electron chi connectivity index (χ1n) is 13.7. The molecule has 5 heterocycles. The molecule has 3 aromatic rings. The van der Waals surface area contributed by atoms with E-state index in [2.05, 4.69) is 44.0 Å². The maximum atomic E-state index is 14.7. The zero-order valence-corrected chi connectivity index (χ0v) is 24.4. The van der Waals surface area contributed by atoms with Gasteiger partial charge in [0.15, 0.2) is 5.67 Å². The SMILES string of the molecule is CCS(=O)(=O)C[C@H]1CN(c2ncc(C(C)C)c3cc(Nc4ncnc(N5CC[C@H](O)[C@](C)(F)C5)n4)ncc23)[C@@H]1C. The lowest BCUT2D eigenvalue weighted by Gasteiger charge is -2.47. The van der Waals surface area contributed by atoms with Crippen molar-refractivity contribution in [1.29, 1.82) is 0 Å². The number of pyridine rings is 2. The highest BCUT2D eigenvalue weighted by atomic mass is 32.2. The van der Waals surface area contributed by atoms with Crippen molar-refractivity contribution in [2.45, 2.75) is 64.8 Å². The second-order valence-corrected chi connectivity index (χ2v) is 13.8. The van der Waals surface area contributed by atoms with Gasteiger partial charge in [0.25, 0.3) is 0 Å². The summed E-state index contributed by atoms with van der Waals surface area (Å²) in [4.78, 5) is 26.2. The number of nitrogens with one attached hydrogen (secondary N) is 1. The first-order valence-corrected chi connectivity index (χ1v) is 15.5. The quantitative estimate of drug-likeness (QED) is 0.411. The van der Waals surface area contributed by atoms with Gasteiger partial charge in [-0.2, -0.15) is 4.98 Å². The molecule has 0 spiro atoms. The molecule has 2 fully saturated rings. The van der Waals surface area contributed by atoms with Crippen molar-refractivity contribution in [1.82, 2.24) is 24.9 Å². The van der Waals surface area contributed by atoms with Crippen molar-refractivity contribution in [3.63, 3.8) is 0 Å². The predicted molar refractivity (Wildman–Crippen MR) is 154 cm³/mol. The van der Waals surface area contributed by atoms with E-state index in [1.54, 1.807) is 18.0 Å². The Labute approximate surface area is 234 Å². The van der Waals surface area contributed by atoms with Crippen molar-refractivity contribution in [3.05, 3.63) is 30.4 Å². The molecular formula is C27H37FN8O3S. The van der Waals surface area contributed by atoms with Crippen LogP contribution in [-0.2, 0) is 9.84 Å². The molecule has 5 rings (SSSR count). The molecule has 2 aliphatic heterocycles. The van der Waals surface area contributed by atoms with Crippen molar-refractivity contribution >= 4 is 44.1 Å². The summed E-state index contributed by atoms with van der Waals surface area (Å²) >= 11 is 0. The number of hydrogen-bond acceptors (Lipinski definition) is 11. The molecule has 13 heteroatoms. The number of nitrogens with zero attached hydrogens (tertiary/aromatic N) is 7. The van der Waals surface area contributed by atoms with Crippen LogP contribution in [0.25, 0.3) is 10.8 Å². The van der Waals surface area contributed by atoms with Crippen molar-refractivity contribution in [2.75, 3.05) is 46.3 Å². The molecule has 2 aliphatic rings. The van der Waals surface area contributed by atoms with Crippen molar-refractivity contribution in [3.8, 4) is 0 Å². The number of alkyl halides is 1. The monoisotopic (exact) mass is 572 g/mol. The molecule has 0 bridgehead atoms. The van der Waals surface area contributed by atoms with E-state index >= 15 is 0 Å². The van der Waals surface area contributed by atoms with Crippen LogP contribution in [0.4, 0.5) is 27.9 Å². The molecule has 0 unspecified atom stereocenters. The Balaban J connectivity index is 1.40. The molecule has 2 saturated heterocycles. The van der Waals surface area contributed by atoms with Gasteiger partial charge in [0, 0.05) is 48.6 Å². The number of sulfone groups is 1. The Morgan fingerprint density at radius 2 is 1.98 bits per heavy atom. The third-order valence-electron chi connectivity index (χ3n) is 8.14. The molecule has 0 radical (unpaired) electrons. The zero-order chi connectivity index (χ0) is 28.8. The number of piperidine rings is 1. The van der Waals surface area contributed by atoms with Gasteiger partial charge in [-0.15, -0.1) is 0 Å². The van der Waals surface area contributed by atoms with E-state index in [0.29, 0.717) is 24.9 Å². The lowest BCUT2D eigenvalue weighted by Crippen LogP contribution is -2.57. The highest BCUT2D eigenvalue weighted by Gasteiger charge is 2.40. The Morgan fingerprint density at radius 1 is 1.20 bits per heavy atom. The van der Waals surface area contributed by atoms with E-state index in [4.69, 9.17) is 4.98 Å². The number of hydrogen-bond donors (Lipinski definition) is 2. The topological polar surface area (TPSA) is 137 Å². The highest BCUT2D eigenvalue weighted by molar-refractivity contribution is 7.91. The Morgan fingerprint density at radius 3 is 2.65 bits per heavy atom. The number of aromatic nitrogens is 5. The fourth-order valence-corrected chi connectivity index (χ4v) is 6.70. The van der Waals surface area contributed by atoms with Gasteiger partial charge < -0.3 is 20.2 Å². The van der Waals surface area contributed by atoms with Gasteiger partial charge in [0.05, 0.1) is 18.4 Å². The molecule has 11 nitrogen and oxygen atoms in total. The van der Waals surface area contributed by atoms with E-state index in [1.165, 1.54) is 13.3 Å². The van der Waals surface area contributed by atoms with Gasteiger partial charge in [0.2, 0.25) is 11.9 Å². The fourth-order valence-electron chi connectivity index (χ4n) is 5.42. The molecule has 2 N–H and O–H groups in total. The predicted octanol–water partition coefficient (Wildman–Crippen LogP) is 3.24. The summed E-state index contributed by atoms with van der Waals surface area (Å²) in [5.41, 5.74) is -0.691. The minimum atomic E-state index is -3.05. The lowest BCUT2D eigenvalue weighted by atomic mass is 9.90. The Bertz CT molecular complexity index is 1500. The van der Waals surface area contributed by atoms with Crippen LogP contribution in [0.1, 0.15) is 52.5 Å². The van der Waals surface area contributed by atoms with Crippen LogP contribution in [-0.4, -0.2) is 87.4 Å². The zero-order valence-electron chi connectivity index (χ0n) is 23.5. The summed E-state index contributed by atoms with van der Waals surface area (Å²) in [6.45, 7) is 10.4. The molecule has 0 saturated carbocycles. The van der Waals surface area contributed by atoms with Crippen molar-refractivity contribution < 1.29 is 17.9 Å². The van der Waals surface area contributed by atoms with Gasteiger partial charge in [-0.25, -0.2) is 32.7 Å². The van der Waals surface area contributed by atoms with Gasteiger partial charge in [-0.3, -0.25) is 0 Å². The average Bonchev–Trinajstić information content (AvgIpc) is 2.91. The maximum Gasteiger partial charge on any atom is 0.233 e.